The first-order valence-electron chi connectivity index (χ1n) is 9.40. The van der Waals surface area contributed by atoms with Crippen molar-refractivity contribution in [3.63, 3.8) is 0 Å². The topological polar surface area (TPSA) is 49.4 Å². The zero-order chi connectivity index (χ0) is 18.4. The van der Waals surface area contributed by atoms with Crippen molar-refractivity contribution in [2.24, 2.45) is 5.92 Å². The van der Waals surface area contributed by atoms with Gasteiger partial charge in [0.05, 0.1) is 5.92 Å². The third kappa shape index (κ3) is 2.69. The Bertz CT molecular complexity index is 1050. The number of para-hydroxylation sites is 1. The average molecular weight is 356 g/mol. The van der Waals surface area contributed by atoms with E-state index < -0.39 is 0 Å². The van der Waals surface area contributed by atoms with Crippen LogP contribution in [0.2, 0.25) is 0 Å². The number of benzene rings is 3. The fourth-order valence-electron chi connectivity index (χ4n) is 4.33. The fourth-order valence-corrected chi connectivity index (χ4v) is 4.33. The molecule has 2 amide bonds. The SMILES string of the molecule is O=C(Nc1ccc2c3c(cccc13)CC2)C1CC(=O)N(c2ccccc2)C1. The predicted molar refractivity (Wildman–Crippen MR) is 107 cm³/mol. The fraction of sp³-hybridized carbons (Fsp3) is 0.217. The summed E-state index contributed by atoms with van der Waals surface area (Å²) in [6.07, 6.45) is 2.38. The van der Waals surface area contributed by atoms with Gasteiger partial charge in [0.25, 0.3) is 0 Å². The van der Waals surface area contributed by atoms with Gasteiger partial charge in [0.15, 0.2) is 0 Å². The van der Waals surface area contributed by atoms with Gasteiger partial charge >= 0.3 is 0 Å². The quantitative estimate of drug-likeness (QED) is 0.773. The molecule has 4 heteroatoms. The highest BCUT2D eigenvalue weighted by Gasteiger charge is 2.35. The van der Waals surface area contributed by atoms with E-state index in [2.05, 4.69) is 29.6 Å². The molecule has 4 nitrogen and oxygen atoms in total. The second-order valence-electron chi connectivity index (χ2n) is 7.34. The van der Waals surface area contributed by atoms with Gasteiger partial charge in [-0.1, -0.05) is 42.5 Å². The molecule has 0 spiro atoms. The molecule has 0 saturated carbocycles. The van der Waals surface area contributed by atoms with Gasteiger partial charge in [-0.15, -0.1) is 0 Å². The van der Waals surface area contributed by atoms with Crippen molar-refractivity contribution in [2.45, 2.75) is 19.3 Å². The minimum absolute atomic E-state index is 0.00163. The number of hydrogen-bond donors (Lipinski definition) is 1. The monoisotopic (exact) mass is 356 g/mol. The summed E-state index contributed by atoms with van der Waals surface area (Å²) in [5.74, 6) is -0.414. The van der Waals surface area contributed by atoms with Crippen LogP contribution in [-0.2, 0) is 22.4 Å². The van der Waals surface area contributed by atoms with E-state index in [0.29, 0.717) is 6.54 Å². The van der Waals surface area contributed by atoms with Gasteiger partial charge in [-0.3, -0.25) is 9.59 Å². The molecule has 1 unspecified atom stereocenters. The van der Waals surface area contributed by atoms with Gasteiger partial charge in [-0.05, 0) is 47.6 Å². The molecule has 1 atom stereocenters. The molecule has 1 fully saturated rings. The zero-order valence-electron chi connectivity index (χ0n) is 14.9. The summed E-state index contributed by atoms with van der Waals surface area (Å²) in [4.78, 5) is 27.0. The number of anilines is 2. The summed E-state index contributed by atoms with van der Waals surface area (Å²) >= 11 is 0. The molecule has 134 valence electrons. The highest BCUT2D eigenvalue weighted by atomic mass is 16.2. The Morgan fingerprint density at radius 3 is 2.52 bits per heavy atom. The molecule has 2 aliphatic rings. The Kier molecular flexibility index (Phi) is 3.71. The largest absolute Gasteiger partial charge is 0.325 e. The number of rotatable bonds is 3. The van der Waals surface area contributed by atoms with Gasteiger partial charge < -0.3 is 10.2 Å². The van der Waals surface area contributed by atoms with Crippen LogP contribution >= 0.6 is 0 Å². The molecule has 27 heavy (non-hydrogen) atoms. The number of nitrogens with zero attached hydrogens (tertiary/aromatic N) is 1. The molecule has 1 heterocycles. The molecule has 3 aromatic rings. The lowest BCUT2D eigenvalue weighted by atomic mass is 10.0. The van der Waals surface area contributed by atoms with E-state index in [-0.39, 0.29) is 24.2 Å². The normalized spacial score (nSPS) is 18.3. The highest BCUT2D eigenvalue weighted by molar-refractivity contribution is 6.08. The Balaban J connectivity index is 1.39. The van der Waals surface area contributed by atoms with Crippen LogP contribution in [0.25, 0.3) is 10.8 Å². The van der Waals surface area contributed by atoms with Crippen LogP contribution in [0.15, 0.2) is 60.7 Å². The van der Waals surface area contributed by atoms with Gasteiger partial charge in [0.2, 0.25) is 11.8 Å². The van der Waals surface area contributed by atoms with Crippen molar-refractivity contribution in [1.29, 1.82) is 0 Å². The highest BCUT2D eigenvalue weighted by Crippen LogP contribution is 2.35. The molecule has 3 aromatic carbocycles. The number of aryl methyl sites for hydroxylation is 2. The first-order valence-corrected chi connectivity index (χ1v) is 9.40. The van der Waals surface area contributed by atoms with Gasteiger partial charge in [-0.25, -0.2) is 0 Å². The third-order valence-electron chi connectivity index (χ3n) is 5.70. The smallest absolute Gasteiger partial charge is 0.229 e. The van der Waals surface area contributed by atoms with E-state index in [1.165, 1.54) is 16.5 Å². The van der Waals surface area contributed by atoms with Gasteiger partial charge in [0, 0.05) is 29.7 Å². The summed E-state index contributed by atoms with van der Waals surface area (Å²) in [6, 6.07) is 19.9. The molecule has 1 aliphatic carbocycles. The van der Waals surface area contributed by atoms with Crippen LogP contribution in [0, 0.1) is 5.92 Å². The Hall–Kier alpha value is -3.14. The average Bonchev–Trinajstić information content (AvgIpc) is 3.29. The van der Waals surface area contributed by atoms with Crippen LogP contribution in [0.4, 0.5) is 11.4 Å². The number of carbonyl (C=O) groups is 2. The van der Waals surface area contributed by atoms with Crippen LogP contribution in [-0.4, -0.2) is 18.4 Å². The molecule has 1 saturated heterocycles. The van der Waals surface area contributed by atoms with Crippen LogP contribution in [0.5, 0.6) is 0 Å². The Labute approximate surface area is 157 Å². The van der Waals surface area contributed by atoms with E-state index in [1.807, 2.05) is 36.4 Å². The van der Waals surface area contributed by atoms with Crippen LogP contribution < -0.4 is 10.2 Å². The minimum atomic E-state index is -0.333. The summed E-state index contributed by atoms with van der Waals surface area (Å²) in [5, 5.41) is 5.46. The number of nitrogens with one attached hydrogen (secondary N) is 1. The summed E-state index contributed by atoms with van der Waals surface area (Å²) in [6.45, 7) is 0.427. The lowest BCUT2D eigenvalue weighted by Crippen LogP contribution is -2.28. The first kappa shape index (κ1) is 16.1. The minimum Gasteiger partial charge on any atom is -0.325 e. The first-order chi connectivity index (χ1) is 13.2. The maximum atomic E-state index is 12.9. The molecule has 0 radical (unpaired) electrons. The molecule has 0 aromatic heterocycles. The lowest BCUT2D eigenvalue weighted by Gasteiger charge is -2.17. The number of hydrogen-bond acceptors (Lipinski definition) is 2. The van der Waals surface area contributed by atoms with Crippen molar-refractivity contribution >= 4 is 34.0 Å². The molecule has 0 bridgehead atoms. The summed E-state index contributed by atoms with van der Waals surface area (Å²) in [7, 11) is 0. The Morgan fingerprint density at radius 2 is 1.70 bits per heavy atom. The molecule has 5 rings (SSSR count). The van der Waals surface area contributed by atoms with Gasteiger partial charge in [0.1, 0.15) is 0 Å². The third-order valence-corrected chi connectivity index (χ3v) is 5.70. The number of amides is 2. The molecular weight excluding hydrogens is 336 g/mol. The summed E-state index contributed by atoms with van der Waals surface area (Å²) < 4.78 is 0. The van der Waals surface area contributed by atoms with E-state index in [4.69, 9.17) is 0 Å². The van der Waals surface area contributed by atoms with E-state index >= 15 is 0 Å². The lowest BCUT2D eigenvalue weighted by molar-refractivity contribution is -0.122. The van der Waals surface area contributed by atoms with Gasteiger partial charge in [-0.2, -0.15) is 0 Å². The van der Waals surface area contributed by atoms with Crippen molar-refractivity contribution in [1.82, 2.24) is 0 Å². The van der Waals surface area contributed by atoms with E-state index in [9.17, 15) is 9.59 Å². The summed E-state index contributed by atoms with van der Waals surface area (Å²) in [5.41, 5.74) is 4.39. The van der Waals surface area contributed by atoms with Crippen molar-refractivity contribution in [3.05, 3.63) is 71.8 Å². The zero-order valence-corrected chi connectivity index (χ0v) is 14.9. The van der Waals surface area contributed by atoms with Crippen LogP contribution in [0.1, 0.15) is 17.5 Å². The van der Waals surface area contributed by atoms with Crippen molar-refractivity contribution in [2.75, 3.05) is 16.8 Å². The van der Waals surface area contributed by atoms with E-state index in [1.54, 1.807) is 4.90 Å². The maximum Gasteiger partial charge on any atom is 0.229 e. The van der Waals surface area contributed by atoms with Crippen LogP contribution in [0.3, 0.4) is 0 Å². The molecular formula is C23H20N2O2. The van der Waals surface area contributed by atoms with Crippen molar-refractivity contribution < 1.29 is 9.59 Å². The van der Waals surface area contributed by atoms with E-state index in [0.717, 1.165) is 29.6 Å². The standard InChI is InChI=1S/C23H20N2O2/c26-21-13-17(14-25(21)18-6-2-1-3-7-18)23(27)24-20-12-11-16-10-9-15-5-4-8-19(20)22(15)16/h1-8,11-12,17H,9-10,13-14H2,(H,24,27). The van der Waals surface area contributed by atoms with Crippen molar-refractivity contribution in [3.8, 4) is 0 Å². The Morgan fingerprint density at radius 1 is 0.926 bits per heavy atom. The molecule has 1 N–H and O–H groups in total. The number of carbonyl (C=O) groups excluding carboxylic acids is 2. The second kappa shape index (κ2) is 6.23. The molecule has 1 aliphatic heterocycles. The predicted octanol–water partition coefficient (Wildman–Crippen LogP) is 3.93. The second-order valence-corrected chi connectivity index (χ2v) is 7.34. The maximum absolute atomic E-state index is 12.9.